The third-order valence-electron chi connectivity index (χ3n) is 7.22. The molecule has 1 saturated carbocycles. The van der Waals surface area contributed by atoms with Crippen molar-refractivity contribution >= 4 is 56.9 Å². The number of benzene rings is 3. The topological polar surface area (TPSA) is 69.7 Å². The average molecular weight is 615 g/mol. The second kappa shape index (κ2) is 11.5. The summed E-state index contributed by atoms with van der Waals surface area (Å²) in [7, 11) is 0. The smallest absolute Gasteiger partial charge is 0.312 e. The lowest BCUT2D eigenvalue weighted by Crippen LogP contribution is -2.54. The van der Waals surface area contributed by atoms with Crippen LogP contribution in [0.3, 0.4) is 0 Å². The predicted molar refractivity (Wildman–Crippen MR) is 151 cm³/mol. The van der Waals surface area contributed by atoms with Gasteiger partial charge in [0.05, 0.1) is 16.6 Å². The molecule has 1 heterocycles. The van der Waals surface area contributed by atoms with Gasteiger partial charge in [-0.1, -0.05) is 81.6 Å². The minimum absolute atomic E-state index is 0.203. The van der Waals surface area contributed by atoms with Crippen molar-refractivity contribution in [3.63, 3.8) is 0 Å². The maximum Gasteiger partial charge on any atom is 0.312 e. The van der Waals surface area contributed by atoms with Gasteiger partial charge in [-0.2, -0.15) is 0 Å². The Labute approximate surface area is 240 Å². The molecule has 1 saturated heterocycles. The lowest BCUT2D eigenvalue weighted by atomic mass is 9.98. The van der Waals surface area contributed by atoms with Crippen LogP contribution >= 0.6 is 39.1 Å². The number of carbonyl (C=O) groups is 3. The fraction of sp³-hybridized carbons (Fsp3) is 0.276. The third kappa shape index (κ3) is 5.90. The van der Waals surface area contributed by atoms with Crippen LogP contribution in [0, 0.1) is 5.92 Å². The Balaban J connectivity index is 1.22. The van der Waals surface area contributed by atoms with Crippen molar-refractivity contribution in [1.29, 1.82) is 0 Å². The normalized spacial score (nSPS) is 19.6. The second-order valence-electron chi connectivity index (χ2n) is 9.63. The lowest BCUT2D eigenvalue weighted by Gasteiger charge is -2.34. The first kappa shape index (κ1) is 26.7. The second-order valence-corrected chi connectivity index (χ2v) is 11.4. The molecule has 0 bridgehead atoms. The van der Waals surface area contributed by atoms with Crippen LogP contribution in [0.1, 0.15) is 39.9 Å². The minimum Gasteiger partial charge on any atom is -0.341 e. The Kier molecular flexibility index (Phi) is 8.07. The van der Waals surface area contributed by atoms with Crippen molar-refractivity contribution in [3.8, 4) is 0 Å². The zero-order valence-corrected chi connectivity index (χ0v) is 23.5. The van der Waals surface area contributed by atoms with Crippen molar-refractivity contribution in [2.75, 3.05) is 26.2 Å². The van der Waals surface area contributed by atoms with E-state index in [1.54, 1.807) is 17.0 Å². The van der Waals surface area contributed by atoms with Gasteiger partial charge in [-0.05, 0) is 59.7 Å². The zero-order valence-electron chi connectivity index (χ0n) is 20.4. The Morgan fingerprint density at radius 2 is 1.53 bits per heavy atom. The summed E-state index contributed by atoms with van der Waals surface area (Å²) in [6, 6.07) is 22.5. The van der Waals surface area contributed by atoms with Crippen molar-refractivity contribution in [3.05, 3.63) is 104 Å². The Hall–Kier alpha value is -2.87. The fourth-order valence-corrected chi connectivity index (χ4v) is 5.82. The maximum absolute atomic E-state index is 13.1. The monoisotopic (exact) mass is 613 g/mol. The molecule has 1 N–H and O–H groups in total. The molecule has 3 amide bonds. The van der Waals surface area contributed by atoms with Crippen LogP contribution in [-0.4, -0.2) is 53.7 Å². The molecule has 2 aliphatic rings. The molecule has 6 nitrogen and oxygen atoms in total. The summed E-state index contributed by atoms with van der Waals surface area (Å²) in [5.41, 5.74) is 2.57. The predicted octanol–water partition coefficient (Wildman–Crippen LogP) is 5.70. The molecule has 3 aromatic rings. The van der Waals surface area contributed by atoms with Crippen LogP contribution in [0.15, 0.2) is 77.3 Å². The van der Waals surface area contributed by atoms with E-state index in [2.05, 4.69) is 33.4 Å². The van der Waals surface area contributed by atoms with E-state index < -0.39 is 11.8 Å². The highest BCUT2D eigenvalue weighted by Gasteiger charge is 2.45. The van der Waals surface area contributed by atoms with Crippen LogP contribution < -0.4 is 5.32 Å². The average Bonchev–Trinajstić information content (AvgIpc) is 3.72. The van der Waals surface area contributed by atoms with Gasteiger partial charge < -0.3 is 15.1 Å². The molecule has 0 spiro atoms. The SMILES string of the molecule is O=C(NC(c1ccccc1)C1CC1c1ccc(Br)cc1)C(=O)N1CCN(C(=O)c2ccc(Cl)cc2Cl)CC1. The number of carbonyl (C=O) groups excluding carboxylic acids is 3. The summed E-state index contributed by atoms with van der Waals surface area (Å²) >= 11 is 15.6. The van der Waals surface area contributed by atoms with Gasteiger partial charge in [-0.3, -0.25) is 14.4 Å². The van der Waals surface area contributed by atoms with Crippen LogP contribution in [0.4, 0.5) is 0 Å². The molecule has 3 aromatic carbocycles. The number of piperazine rings is 1. The first-order valence-corrected chi connectivity index (χ1v) is 14.0. The Morgan fingerprint density at radius 3 is 2.18 bits per heavy atom. The number of nitrogens with zero attached hydrogens (tertiary/aromatic N) is 2. The fourth-order valence-electron chi connectivity index (χ4n) is 5.07. The van der Waals surface area contributed by atoms with E-state index >= 15 is 0 Å². The molecule has 2 fully saturated rings. The van der Waals surface area contributed by atoms with Gasteiger partial charge >= 0.3 is 11.8 Å². The molecule has 3 unspecified atom stereocenters. The van der Waals surface area contributed by atoms with Crippen molar-refractivity contribution < 1.29 is 14.4 Å². The largest absolute Gasteiger partial charge is 0.341 e. The molecule has 5 rings (SSSR count). The number of halogens is 3. The highest BCUT2D eigenvalue weighted by molar-refractivity contribution is 9.10. The van der Waals surface area contributed by atoms with E-state index in [4.69, 9.17) is 23.2 Å². The van der Waals surface area contributed by atoms with Crippen LogP contribution in [0.2, 0.25) is 10.0 Å². The molecule has 38 heavy (non-hydrogen) atoms. The first-order valence-electron chi connectivity index (χ1n) is 12.5. The van der Waals surface area contributed by atoms with Gasteiger partial charge in [0.15, 0.2) is 0 Å². The summed E-state index contributed by atoms with van der Waals surface area (Å²) in [5, 5.41) is 3.77. The molecule has 0 radical (unpaired) electrons. The molecule has 1 aliphatic carbocycles. The number of rotatable bonds is 5. The van der Waals surface area contributed by atoms with Crippen molar-refractivity contribution in [2.24, 2.45) is 5.92 Å². The van der Waals surface area contributed by atoms with Crippen LogP contribution in [0.5, 0.6) is 0 Å². The quantitative estimate of drug-likeness (QED) is 0.375. The summed E-state index contributed by atoms with van der Waals surface area (Å²) in [4.78, 5) is 42.3. The van der Waals surface area contributed by atoms with E-state index in [0.717, 1.165) is 16.5 Å². The minimum atomic E-state index is -0.624. The molecule has 0 aromatic heterocycles. The molecular formula is C29H26BrCl2N3O3. The Bertz CT molecular complexity index is 1340. The zero-order chi connectivity index (χ0) is 26.8. The van der Waals surface area contributed by atoms with E-state index in [0.29, 0.717) is 29.6 Å². The van der Waals surface area contributed by atoms with Gasteiger partial charge in [0.25, 0.3) is 5.91 Å². The summed E-state index contributed by atoms with van der Waals surface area (Å²) in [5.74, 6) is -0.906. The number of hydrogen-bond donors (Lipinski definition) is 1. The van der Waals surface area contributed by atoms with Gasteiger partial charge in [-0.15, -0.1) is 0 Å². The molecule has 196 valence electrons. The standard InChI is InChI=1S/C29H26BrCl2N3O3/c30-20-8-6-18(7-9-20)23-17-24(23)26(19-4-2-1-3-5-19)33-27(36)29(38)35-14-12-34(13-15-35)28(37)22-11-10-21(31)16-25(22)32/h1-11,16,23-24,26H,12-15,17H2,(H,33,36). The molecule has 1 aliphatic heterocycles. The highest BCUT2D eigenvalue weighted by Crippen LogP contribution is 2.54. The van der Waals surface area contributed by atoms with Gasteiger partial charge in [0.2, 0.25) is 0 Å². The van der Waals surface area contributed by atoms with E-state index in [1.807, 2.05) is 42.5 Å². The number of nitrogens with one attached hydrogen (secondary N) is 1. The summed E-state index contributed by atoms with van der Waals surface area (Å²) < 4.78 is 1.02. The summed E-state index contributed by atoms with van der Waals surface area (Å²) in [6.07, 6.45) is 0.934. The van der Waals surface area contributed by atoms with E-state index in [-0.39, 0.29) is 36.0 Å². The van der Waals surface area contributed by atoms with Crippen molar-refractivity contribution in [1.82, 2.24) is 15.1 Å². The highest BCUT2D eigenvalue weighted by atomic mass is 79.9. The number of hydrogen-bond acceptors (Lipinski definition) is 3. The van der Waals surface area contributed by atoms with Crippen molar-refractivity contribution in [2.45, 2.75) is 18.4 Å². The molecule has 3 atom stereocenters. The Morgan fingerprint density at radius 1 is 0.868 bits per heavy atom. The van der Waals surface area contributed by atoms with Crippen LogP contribution in [-0.2, 0) is 9.59 Å². The van der Waals surface area contributed by atoms with Gasteiger partial charge in [0.1, 0.15) is 0 Å². The molecule has 9 heteroatoms. The summed E-state index contributed by atoms with van der Waals surface area (Å²) in [6.45, 7) is 1.16. The van der Waals surface area contributed by atoms with E-state index in [1.165, 1.54) is 16.5 Å². The third-order valence-corrected chi connectivity index (χ3v) is 8.30. The molecular weight excluding hydrogens is 589 g/mol. The first-order chi connectivity index (χ1) is 18.3. The van der Waals surface area contributed by atoms with Gasteiger partial charge in [0, 0.05) is 35.7 Å². The number of amides is 3. The van der Waals surface area contributed by atoms with Gasteiger partial charge in [-0.25, -0.2) is 0 Å². The lowest BCUT2D eigenvalue weighted by molar-refractivity contribution is -0.147. The van der Waals surface area contributed by atoms with E-state index in [9.17, 15) is 14.4 Å². The van der Waals surface area contributed by atoms with Crippen LogP contribution in [0.25, 0.3) is 0 Å². The maximum atomic E-state index is 13.1.